The molecule has 2 heterocycles. The molecule has 138 valence electrons. The number of methoxy groups -OCH3 is 1. The van der Waals surface area contributed by atoms with Gasteiger partial charge in [-0.05, 0) is 57.7 Å². The van der Waals surface area contributed by atoms with E-state index in [1.54, 1.807) is 7.11 Å². The molecule has 1 unspecified atom stereocenters. The molecule has 5 nitrogen and oxygen atoms in total. The van der Waals surface area contributed by atoms with Crippen LogP contribution in [0.3, 0.4) is 0 Å². The predicted octanol–water partition coefficient (Wildman–Crippen LogP) is 1.87. The molecule has 2 aliphatic heterocycles. The fourth-order valence-electron chi connectivity index (χ4n) is 4.87. The van der Waals surface area contributed by atoms with Crippen LogP contribution in [0.1, 0.15) is 51.4 Å². The Bertz CT molecular complexity index is 403. The van der Waals surface area contributed by atoms with Crippen molar-refractivity contribution in [2.24, 2.45) is 5.92 Å². The van der Waals surface area contributed by atoms with Crippen LogP contribution in [0.5, 0.6) is 0 Å². The zero-order chi connectivity index (χ0) is 16.8. The summed E-state index contributed by atoms with van der Waals surface area (Å²) < 4.78 is 5.17. The van der Waals surface area contributed by atoms with Crippen molar-refractivity contribution in [2.75, 3.05) is 53.0 Å². The van der Waals surface area contributed by atoms with Gasteiger partial charge in [-0.25, -0.2) is 0 Å². The summed E-state index contributed by atoms with van der Waals surface area (Å²) in [5.41, 5.74) is -0.191. The molecule has 5 heteroatoms. The van der Waals surface area contributed by atoms with Gasteiger partial charge in [-0.1, -0.05) is 19.3 Å². The van der Waals surface area contributed by atoms with Crippen LogP contribution in [0.15, 0.2) is 0 Å². The Morgan fingerprint density at radius 3 is 2.58 bits per heavy atom. The average molecular weight is 338 g/mol. The predicted molar refractivity (Wildman–Crippen MR) is 96.1 cm³/mol. The molecular formula is C19H35N3O2. The van der Waals surface area contributed by atoms with Crippen molar-refractivity contribution in [3.63, 3.8) is 0 Å². The molecule has 24 heavy (non-hydrogen) atoms. The number of carbonyl (C=O) groups is 1. The summed E-state index contributed by atoms with van der Waals surface area (Å²) >= 11 is 0. The second-order valence-electron chi connectivity index (χ2n) is 7.94. The molecule has 0 aromatic carbocycles. The Kier molecular flexibility index (Phi) is 6.53. The summed E-state index contributed by atoms with van der Waals surface area (Å²) in [6, 6.07) is 0. The van der Waals surface area contributed by atoms with Gasteiger partial charge in [0.05, 0.1) is 6.61 Å². The smallest absolute Gasteiger partial charge is 0.240 e. The summed E-state index contributed by atoms with van der Waals surface area (Å²) in [4.78, 5) is 18.1. The summed E-state index contributed by atoms with van der Waals surface area (Å²) in [5.74, 6) is 0.921. The highest BCUT2D eigenvalue weighted by Crippen LogP contribution is 2.36. The molecule has 1 saturated carbocycles. The van der Waals surface area contributed by atoms with Gasteiger partial charge < -0.3 is 15.0 Å². The largest absolute Gasteiger partial charge is 0.383 e. The molecule has 2 saturated heterocycles. The second kappa shape index (κ2) is 8.63. The first-order valence-electron chi connectivity index (χ1n) is 9.99. The van der Waals surface area contributed by atoms with Crippen LogP contribution in [0.25, 0.3) is 0 Å². The highest BCUT2D eigenvalue weighted by molar-refractivity contribution is 5.86. The molecular weight excluding hydrogens is 302 g/mol. The lowest BCUT2D eigenvalue weighted by Crippen LogP contribution is -2.59. The summed E-state index contributed by atoms with van der Waals surface area (Å²) in [6.07, 6.45) is 9.53. The fraction of sp³-hybridized carbons (Fsp3) is 0.947. The Hall–Kier alpha value is -0.650. The number of ether oxygens (including phenoxy) is 1. The summed E-state index contributed by atoms with van der Waals surface area (Å²) in [6.45, 7) is 7.12. The third-order valence-corrected chi connectivity index (χ3v) is 6.35. The SMILES string of the molecule is COCCN1CCC(CNC(=O)C2(N3CCCC3)CCCCC2)C1. The maximum absolute atomic E-state index is 13.1. The van der Waals surface area contributed by atoms with E-state index in [-0.39, 0.29) is 5.54 Å². The quantitative estimate of drug-likeness (QED) is 0.770. The number of nitrogens with zero attached hydrogens (tertiary/aromatic N) is 2. The molecule has 1 amide bonds. The molecule has 0 aromatic rings. The third kappa shape index (κ3) is 4.12. The maximum atomic E-state index is 13.1. The summed E-state index contributed by atoms with van der Waals surface area (Å²) in [5, 5.41) is 3.35. The molecule has 1 atom stereocenters. The van der Waals surface area contributed by atoms with Crippen LogP contribution in [-0.4, -0.2) is 74.2 Å². The summed E-state index contributed by atoms with van der Waals surface area (Å²) in [7, 11) is 1.76. The standard InChI is InChI=1S/C19H35N3O2/c1-24-14-13-21-12-7-17(16-21)15-20-18(23)19(8-3-2-4-9-19)22-10-5-6-11-22/h17H,2-16H2,1H3,(H,20,23). The number of rotatable bonds is 7. The normalized spacial score (nSPS) is 28.3. The molecule has 3 rings (SSSR count). The average Bonchev–Trinajstić information content (AvgIpc) is 3.30. The van der Waals surface area contributed by atoms with Crippen molar-refractivity contribution in [3.8, 4) is 0 Å². The molecule has 0 aromatic heterocycles. The Balaban J connectivity index is 1.51. The minimum Gasteiger partial charge on any atom is -0.383 e. The van der Waals surface area contributed by atoms with E-state index in [0.29, 0.717) is 11.8 Å². The number of hydrogen-bond donors (Lipinski definition) is 1. The van der Waals surface area contributed by atoms with E-state index in [1.165, 1.54) is 38.5 Å². The zero-order valence-electron chi connectivity index (χ0n) is 15.4. The van der Waals surface area contributed by atoms with Gasteiger partial charge in [0.15, 0.2) is 0 Å². The first kappa shape index (κ1) is 18.2. The monoisotopic (exact) mass is 337 g/mol. The first-order chi connectivity index (χ1) is 11.7. The van der Waals surface area contributed by atoms with Crippen molar-refractivity contribution >= 4 is 5.91 Å². The van der Waals surface area contributed by atoms with Gasteiger partial charge in [0.2, 0.25) is 5.91 Å². The van der Waals surface area contributed by atoms with Gasteiger partial charge in [0.25, 0.3) is 0 Å². The van der Waals surface area contributed by atoms with Crippen LogP contribution in [0.2, 0.25) is 0 Å². The molecule has 0 spiro atoms. The van der Waals surface area contributed by atoms with Crippen LogP contribution >= 0.6 is 0 Å². The van der Waals surface area contributed by atoms with Crippen molar-refractivity contribution in [3.05, 3.63) is 0 Å². The zero-order valence-corrected chi connectivity index (χ0v) is 15.4. The van der Waals surface area contributed by atoms with Crippen LogP contribution in [-0.2, 0) is 9.53 Å². The Morgan fingerprint density at radius 1 is 1.12 bits per heavy atom. The number of carbonyl (C=O) groups excluding carboxylic acids is 1. The van der Waals surface area contributed by atoms with Gasteiger partial charge in [0.1, 0.15) is 5.54 Å². The number of nitrogens with one attached hydrogen (secondary N) is 1. The lowest BCUT2D eigenvalue weighted by atomic mass is 9.79. The van der Waals surface area contributed by atoms with Gasteiger partial charge in [-0.2, -0.15) is 0 Å². The minimum atomic E-state index is -0.191. The Labute approximate surface area is 147 Å². The van der Waals surface area contributed by atoms with Crippen molar-refractivity contribution < 1.29 is 9.53 Å². The number of hydrogen-bond acceptors (Lipinski definition) is 4. The van der Waals surface area contributed by atoms with E-state index in [0.717, 1.165) is 58.7 Å². The minimum absolute atomic E-state index is 0.191. The molecule has 3 aliphatic rings. The maximum Gasteiger partial charge on any atom is 0.240 e. The molecule has 0 radical (unpaired) electrons. The van der Waals surface area contributed by atoms with E-state index in [1.807, 2.05) is 0 Å². The van der Waals surface area contributed by atoms with Gasteiger partial charge in [0, 0.05) is 26.7 Å². The van der Waals surface area contributed by atoms with Crippen LogP contribution in [0.4, 0.5) is 0 Å². The van der Waals surface area contributed by atoms with E-state index in [2.05, 4.69) is 15.1 Å². The molecule has 3 fully saturated rings. The molecule has 1 aliphatic carbocycles. The van der Waals surface area contributed by atoms with Crippen molar-refractivity contribution in [1.82, 2.24) is 15.1 Å². The van der Waals surface area contributed by atoms with Gasteiger partial charge >= 0.3 is 0 Å². The number of likely N-dealkylation sites (tertiary alicyclic amines) is 2. The lowest BCUT2D eigenvalue weighted by Gasteiger charge is -2.43. The van der Waals surface area contributed by atoms with Crippen molar-refractivity contribution in [2.45, 2.75) is 56.9 Å². The van der Waals surface area contributed by atoms with E-state index in [9.17, 15) is 4.79 Å². The third-order valence-electron chi connectivity index (χ3n) is 6.35. The van der Waals surface area contributed by atoms with Gasteiger partial charge in [-0.15, -0.1) is 0 Å². The topological polar surface area (TPSA) is 44.8 Å². The molecule has 1 N–H and O–H groups in total. The van der Waals surface area contributed by atoms with Crippen LogP contribution < -0.4 is 5.32 Å². The highest BCUT2D eigenvalue weighted by Gasteiger charge is 2.45. The lowest BCUT2D eigenvalue weighted by molar-refractivity contribution is -0.135. The first-order valence-corrected chi connectivity index (χ1v) is 9.99. The van der Waals surface area contributed by atoms with E-state index < -0.39 is 0 Å². The molecule has 0 bridgehead atoms. The van der Waals surface area contributed by atoms with E-state index >= 15 is 0 Å². The second-order valence-corrected chi connectivity index (χ2v) is 7.94. The van der Waals surface area contributed by atoms with Crippen molar-refractivity contribution in [1.29, 1.82) is 0 Å². The Morgan fingerprint density at radius 2 is 1.88 bits per heavy atom. The van der Waals surface area contributed by atoms with Crippen LogP contribution in [0, 0.1) is 5.92 Å². The highest BCUT2D eigenvalue weighted by atomic mass is 16.5. The number of amides is 1. The van der Waals surface area contributed by atoms with E-state index in [4.69, 9.17) is 4.74 Å². The fourth-order valence-corrected chi connectivity index (χ4v) is 4.87. The van der Waals surface area contributed by atoms with Gasteiger partial charge in [-0.3, -0.25) is 9.69 Å².